The number of aromatic nitrogens is 1. The van der Waals surface area contributed by atoms with E-state index in [2.05, 4.69) is 34.7 Å². The molecule has 116 valence electrons. The van der Waals surface area contributed by atoms with Crippen LogP contribution in [-0.4, -0.2) is 10.9 Å². The highest BCUT2D eigenvalue weighted by molar-refractivity contribution is 7.12. The van der Waals surface area contributed by atoms with E-state index in [1.807, 2.05) is 29.6 Å². The molecule has 1 amide bonds. The van der Waals surface area contributed by atoms with Crippen molar-refractivity contribution in [1.29, 1.82) is 0 Å². The minimum absolute atomic E-state index is 0.131. The quantitative estimate of drug-likeness (QED) is 0.735. The first-order chi connectivity index (χ1) is 11.2. The highest BCUT2D eigenvalue weighted by Gasteiger charge is 2.07. The summed E-state index contributed by atoms with van der Waals surface area (Å²) in [5.74, 6) is 0.415. The first-order valence-electron chi connectivity index (χ1n) is 7.31. The van der Waals surface area contributed by atoms with Gasteiger partial charge < -0.3 is 10.6 Å². The molecule has 5 heteroatoms. The molecule has 4 nitrogen and oxygen atoms in total. The van der Waals surface area contributed by atoms with Crippen molar-refractivity contribution in [3.05, 3.63) is 76.1 Å². The zero-order valence-electron chi connectivity index (χ0n) is 12.7. The molecule has 0 bridgehead atoms. The van der Waals surface area contributed by atoms with E-state index in [0.29, 0.717) is 10.7 Å². The summed E-state index contributed by atoms with van der Waals surface area (Å²) in [6.07, 6.45) is 1.72. The molecule has 0 atom stereocenters. The van der Waals surface area contributed by atoms with Gasteiger partial charge in [0.1, 0.15) is 5.82 Å². The Morgan fingerprint density at radius 3 is 2.70 bits per heavy atom. The van der Waals surface area contributed by atoms with Crippen LogP contribution in [0, 0.1) is 6.92 Å². The molecule has 2 heterocycles. The predicted octanol–water partition coefficient (Wildman–Crippen LogP) is 4.32. The number of hydrogen-bond donors (Lipinski definition) is 2. The van der Waals surface area contributed by atoms with Gasteiger partial charge >= 0.3 is 0 Å². The van der Waals surface area contributed by atoms with Gasteiger partial charge in [-0.15, -0.1) is 11.3 Å². The summed E-state index contributed by atoms with van der Waals surface area (Å²) in [6.45, 7) is 2.84. The number of carbonyl (C=O) groups is 1. The first kappa shape index (κ1) is 15.2. The molecule has 0 saturated heterocycles. The van der Waals surface area contributed by atoms with Gasteiger partial charge in [-0.3, -0.25) is 4.79 Å². The fraction of sp³-hybridized carbons (Fsp3) is 0.111. The second-order valence-corrected chi connectivity index (χ2v) is 6.09. The third-order valence-corrected chi connectivity index (χ3v) is 4.36. The van der Waals surface area contributed by atoms with Gasteiger partial charge in [-0.1, -0.05) is 30.3 Å². The van der Waals surface area contributed by atoms with Crippen LogP contribution in [-0.2, 0) is 6.54 Å². The van der Waals surface area contributed by atoms with E-state index in [4.69, 9.17) is 0 Å². The fourth-order valence-corrected chi connectivity index (χ4v) is 2.78. The van der Waals surface area contributed by atoms with Crippen molar-refractivity contribution in [3.63, 3.8) is 0 Å². The lowest BCUT2D eigenvalue weighted by molar-refractivity contribution is 0.103. The second kappa shape index (κ2) is 7.07. The van der Waals surface area contributed by atoms with Crippen LogP contribution in [0.15, 0.2) is 60.1 Å². The van der Waals surface area contributed by atoms with Crippen molar-refractivity contribution >= 4 is 28.7 Å². The number of nitrogens with one attached hydrogen (secondary N) is 2. The third kappa shape index (κ3) is 3.96. The molecule has 2 aromatic heterocycles. The average Bonchev–Trinajstić information content (AvgIpc) is 3.10. The van der Waals surface area contributed by atoms with Gasteiger partial charge in [-0.25, -0.2) is 4.98 Å². The Morgan fingerprint density at radius 2 is 2.00 bits per heavy atom. The van der Waals surface area contributed by atoms with E-state index in [-0.39, 0.29) is 5.91 Å². The van der Waals surface area contributed by atoms with Crippen molar-refractivity contribution in [3.8, 4) is 0 Å². The molecule has 0 aliphatic rings. The molecule has 0 radical (unpaired) electrons. The maximum atomic E-state index is 12.0. The van der Waals surface area contributed by atoms with E-state index in [1.54, 1.807) is 18.3 Å². The average molecular weight is 323 g/mol. The highest BCUT2D eigenvalue weighted by atomic mass is 32.1. The molecule has 0 aliphatic carbocycles. The summed E-state index contributed by atoms with van der Waals surface area (Å²) in [5.41, 5.74) is 3.43. The van der Waals surface area contributed by atoms with Crippen LogP contribution in [0.4, 0.5) is 11.5 Å². The summed E-state index contributed by atoms with van der Waals surface area (Å²) in [5, 5.41) is 8.00. The molecule has 1 aromatic carbocycles. The normalized spacial score (nSPS) is 10.3. The van der Waals surface area contributed by atoms with E-state index in [9.17, 15) is 4.79 Å². The Bertz CT molecular complexity index is 782. The fourth-order valence-electron chi connectivity index (χ4n) is 2.16. The minimum atomic E-state index is -0.131. The van der Waals surface area contributed by atoms with Crippen molar-refractivity contribution in [2.24, 2.45) is 0 Å². The third-order valence-electron chi connectivity index (χ3n) is 3.49. The van der Waals surface area contributed by atoms with Crippen LogP contribution < -0.4 is 10.6 Å². The van der Waals surface area contributed by atoms with Crippen LogP contribution in [0.2, 0.25) is 0 Å². The van der Waals surface area contributed by atoms with Crippen LogP contribution in [0.1, 0.15) is 20.8 Å². The van der Waals surface area contributed by atoms with Gasteiger partial charge in [0, 0.05) is 6.54 Å². The van der Waals surface area contributed by atoms with Gasteiger partial charge in [0.25, 0.3) is 5.91 Å². The smallest absolute Gasteiger partial charge is 0.266 e. The number of rotatable bonds is 5. The standard InChI is InChI=1S/C18H17N3OS/c1-13-5-2-3-6-14(13)11-19-15-8-9-17(20-12-15)21-18(22)16-7-4-10-23-16/h2-10,12,19H,11H2,1H3,(H,20,21,22). The molecule has 3 aromatic rings. The van der Waals surface area contributed by atoms with E-state index in [0.717, 1.165) is 12.2 Å². The second-order valence-electron chi connectivity index (χ2n) is 5.14. The zero-order valence-corrected chi connectivity index (χ0v) is 13.6. The molecule has 0 unspecified atom stereocenters. The van der Waals surface area contributed by atoms with Gasteiger partial charge in [0.15, 0.2) is 0 Å². The summed E-state index contributed by atoms with van der Waals surface area (Å²) in [6, 6.07) is 15.6. The maximum Gasteiger partial charge on any atom is 0.266 e. The largest absolute Gasteiger partial charge is 0.380 e. The lowest BCUT2D eigenvalue weighted by Gasteiger charge is -2.09. The van der Waals surface area contributed by atoms with E-state index >= 15 is 0 Å². The highest BCUT2D eigenvalue weighted by Crippen LogP contribution is 2.15. The van der Waals surface area contributed by atoms with E-state index in [1.165, 1.54) is 22.5 Å². The molecular weight excluding hydrogens is 306 g/mol. The number of aryl methyl sites for hydroxylation is 1. The molecule has 2 N–H and O–H groups in total. The SMILES string of the molecule is Cc1ccccc1CNc1ccc(NC(=O)c2cccs2)nc1. The van der Waals surface area contributed by atoms with E-state index < -0.39 is 0 Å². The number of anilines is 2. The van der Waals surface area contributed by atoms with Crippen molar-refractivity contribution < 1.29 is 4.79 Å². The molecule has 0 aliphatic heterocycles. The maximum absolute atomic E-state index is 12.0. The molecule has 0 spiro atoms. The number of thiophene rings is 1. The predicted molar refractivity (Wildman–Crippen MR) is 95.0 cm³/mol. The van der Waals surface area contributed by atoms with Crippen LogP contribution in [0.5, 0.6) is 0 Å². The first-order valence-corrected chi connectivity index (χ1v) is 8.19. The molecule has 0 fully saturated rings. The molecule has 0 saturated carbocycles. The number of nitrogens with zero attached hydrogens (tertiary/aromatic N) is 1. The number of benzene rings is 1. The number of carbonyl (C=O) groups excluding carboxylic acids is 1. The monoisotopic (exact) mass is 323 g/mol. The zero-order chi connectivity index (χ0) is 16.1. The number of pyridine rings is 1. The Hall–Kier alpha value is -2.66. The van der Waals surface area contributed by atoms with Crippen LogP contribution in [0.3, 0.4) is 0 Å². The topological polar surface area (TPSA) is 54.0 Å². The minimum Gasteiger partial charge on any atom is -0.380 e. The molecule has 23 heavy (non-hydrogen) atoms. The summed E-state index contributed by atoms with van der Waals surface area (Å²) in [7, 11) is 0. The summed E-state index contributed by atoms with van der Waals surface area (Å²) >= 11 is 1.41. The Morgan fingerprint density at radius 1 is 1.13 bits per heavy atom. The van der Waals surface area contributed by atoms with Crippen LogP contribution in [0.25, 0.3) is 0 Å². The Kier molecular flexibility index (Phi) is 4.68. The molecular formula is C18H17N3OS. The van der Waals surface area contributed by atoms with Crippen molar-refractivity contribution in [2.75, 3.05) is 10.6 Å². The van der Waals surface area contributed by atoms with Crippen LogP contribution >= 0.6 is 11.3 Å². The van der Waals surface area contributed by atoms with Gasteiger partial charge in [0.2, 0.25) is 0 Å². The summed E-state index contributed by atoms with van der Waals surface area (Å²) in [4.78, 5) is 16.9. The lowest BCUT2D eigenvalue weighted by atomic mass is 10.1. The number of amides is 1. The number of hydrogen-bond acceptors (Lipinski definition) is 4. The Labute approximate surface area is 139 Å². The lowest BCUT2D eigenvalue weighted by Crippen LogP contribution is -2.11. The van der Waals surface area contributed by atoms with Gasteiger partial charge in [0.05, 0.1) is 16.8 Å². The van der Waals surface area contributed by atoms with Crippen molar-refractivity contribution in [1.82, 2.24) is 4.98 Å². The van der Waals surface area contributed by atoms with Gasteiger partial charge in [-0.05, 0) is 41.6 Å². The van der Waals surface area contributed by atoms with Crippen molar-refractivity contribution in [2.45, 2.75) is 13.5 Å². The van der Waals surface area contributed by atoms with Gasteiger partial charge in [-0.2, -0.15) is 0 Å². The molecule has 3 rings (SSSR count). The summed E-state index contributed by atoms with van der Waals surface area (Å²) < 4.78 is 0. The Balaban J connectivity index is 1.59.